The van der Waals surface area contributed by atoms with Crippen molar-refractivity contribution in [3.63, 3.8) is 0 Å². The van der Waals surface area contributed by atoms with Gasteiger partial charge in [0.15, 0.2) is 29.5 Å². The number of carbonyl (C=O) groups is 1. The molecule has 2 aromatic carbocycles. The molecule has 0 amide bonds. The molecular formula is C23H24ClFN4O4S. The molecule has 0 aliphatic carbocycles. The molecule has 0 spiro atoms. The van der Waals surface area contributed by atoms with Gasteiger partial charge in [0.2, 0.25) is 0 Å². The van der Waals surface area contributed by atoms with E-state index in [9.17, 15) is 9.18 Å². The summed E-state index contributed by atoms with van der Waals surface area (Å²) in [5.74, 6) is 0.575. The number of carbonyl (C=O) groups excluding carboxylic acids is 1. The molecule has 11 heteroatoms. The summed E-state index contributed by atoms with van der Waals surface area (Å²) in [4.78, 5) is 14.6. The quantitative estimate of drug-likeness (QED) is 0.347. The highest BCUT2D eigenvalue weighted by Gasteiger charge is 2.27. The number of likely N-dealkylation sites (tertiary alicyclic amines) is 1. The van der Waals surface area contributed by atoms with Gasteiger partial charge in [0.25, 0.3) is 0 Å². The van der Waals surface area contributed by atoms with Crippen LogP contribution in [0.1, 0.15) is 18.4 Å². The van der Waals surface area contributed by atoms with Crippen LogP contribution in [-0.2, 0) is 13.7 Å². The Kier molecular flexibility index (Phi) is 8.15. The van der Waals surface area contributed by atoms with E-state index in [4.69, 9.17) is 25.3 Å². The molecule has 4 rings (SSSR count). The fourth-order valence-corrected chi connectivity index (χ4v) is 4.32. The van der Waals surface area contributed by atoms with Crippen molar-refractivity contribution in [2.75, 3.05) is 26.7 Å². The van der Waals surface area contributed by atoms with Crippen LogP contribution < -0.4 is 14.9 Å². The molecule has 34 heavy (non-hydrogen) atoms. The number of halogens is 2. The van der Waals surface area contributed by atoms with Crippen molar-refractivity contribution in [3.8, 4) is 5.75 Å². The van der Waals surface area contributed by atoms with Gasteiger partial charge in [-0.25, -0.2) is 9.18 Å². The van der Waals surface area contributed by atoms with Crippen molar-refractivity contribution >= 4 is 35.6 Å². The fourth-order valence-electron chi connectivity index (χ4n) is 3.58. The second-order valence-electron chi connectivity index (χ2n) is 7.66. The Morgan fingerprint density at radius 2 is 1.97 bits per heavy atom. The normalized spacial score (nSPS) is 21.1. The van der Waals surface area contributed by atoms with Crippen LogP contribution in [0.5, 0.6) is 5.75 Å². The summed E-state index contributed by atoms with van der Waals surface area (Å²) in [7, 11) is 1.30. The van der Waals surface area contributed by atoms with Gasteiger partial charge in [-0.15, -0.1) is 0 Å². The van der Waals surface area contributed by atoms with Crippen molar-refractivity contribution < 1.29 is 22.8 Å². The molecule has 1 fully saturated rings. The molecule has 180 valence electrons. The third kappa shape index (κ3) is 6.13. The van der Waals surface area contributed by atoms with E-state index in [1.807, 2.05) is 12.1 Å². The predicted octanol–water partition coefficient (Wildman–Crippen LogP) is 3.84. The van der Waals surface area contributed by atoms with Gasteiger partial charge in [-0.05, 0) is 49.2 Å². The van der Waals surface area contributed by atoms with Gasteiger partial charge in [-0.2, -0.15) is 5.10 Å². The van der Waals surface area contributed by atoms with Crippen LogP contribution in [0.3, 0.4) is 0 Å². The second kappa shape index (κ2) is 11.5. The lowest BCUT2D eigenvalue weighted by Crippen LogP contribution is -2.40. The minimum Gasteiger partial charge on any atom is -0.490 e. The van der Waals surface area contributed by atoms with Crippen molar-refractivity contribution in [3.05, 3.63) is 76.4 Å². The maximum Gasteiger partial charge on any atom is 0.359 e. The van der Waals surface area contributed by atoms with Gasteiger partial charge >= 0.3 is 5.97 Å². The first kappa shape index (κ1) is 24.2. The van der Waals surface area contributed by atoms with Crippen molar-refractivity contribution in [1.29, 1.82) is 0 Å². The Bertz CT molecular complexity index is 1070. The Labute approximate surface area is 206 Å². The number of methoxy groups -OCH3 is 1. The number of piperidine rings is 1. The van der Waals surface area contributed by atoms with Crippen LogP contribution >= 0.6 is 23.8 Å². The summed E-state index contributed by atoms with van der Waals surface area (Å²) in [5, 5.41) is 4.83. The summed E-state index contributed by atoms with van der Waals surface area (Å²) in [6, 6.07) is 13.2. The molecule has 2 N–H and O–H groups in total. The summed E-state index contributed by atoms with van der Waals surface area (Å²) in [6.45, 7) is 1.85. The number of benzene rings is 2. The monoisotopic (exact) mass is 506 g/mol. The van der Waals surface area contributed by atoms with Crippen LogP contribution in [0.25, 0.3) is 0 Å². The largest absolute Gasteiger partial charge is 0.490 e. The topological polar surface area (TPSA) is 84.4 Å². The zero-order chi connectivity index (χ0) is 23.9. The first-order valence-corrected chi connectivity index (χ1v) is 11.8. The zero-order valence-electron chi connectivity index (χ0n) is 18.4. The minimum atomic E-state index is -0.589. The van der Waals surface area contributed by atoms with Crippen molar-refractivity contribution in [2.24, 2.45) is 5.10 Å². The number of hydrogen-bond donors (Lipinski definition) is 2. The molecule has 1 saturated heterocycles. The number of nitrogens with one attached hydrogen (secondary N) is 2. The summed E-state index contributed by atoms with van der Waals surface area (Å²) < 4.78 is 32.8. The lowest BCUT2D eigenvalue weighted by molar-refractivity contribution is -0.136. The number of amidine groups is 1. The zero-order valence-corrected chi connectivity index (χ0v) is 20.0. The summed E-state index contributed by atoms with van der Waals surface area (Å²) in [6.07, 6.45) is 1.60. The number of hydrogen-bond acceptors (Lipinski definition) is 9. The van der Waals surface area contributed by atoms with E-state index in [1.54, 1.807) is 24.3 Å². The Morgan fingerprint density at radius 1 is 1.24 bits per heavy atom. The number of ether oxygens (including phenoxy) is 2. The Hall–Kier alpha value is -2.95. The molecule has 2 heterocycles. The van der Waals surface area contributed by atoms with Crippen LogP contribution in [-0.4, -0.2) is 49.6 Å². The van der Waals surface area contributed by atoms with E-state index in [1.165, 1.54) is 19.2 Å². The first-order chi connectivity index (χ1) is 16.5. The Balaban J connectivity index is 1.42. The maximum absolute atomic E-state index is 13.1. The van der Waals surface area contributed by atoms with Crippen LogP contribution in [0.2, 0.25) is 5.02 Å². The van der Waals surface area contributed by atoms with Crippen molar-refractivity contribution in [1.82, 2.24) is 15.0 Å². The van der Waals surface area contributed by atoms with Gasteiger partial charge < -0.3 is 13.7 Å². The summed E-state index contributed by atoms with van der Waals surface area (Å²) >= 11 is 7.21. The molecule has 0 saturated carbocycles. The van der Waals surface area contributed by atoms with Gasteiger partial charge in [0.05, 0.1) is 18.7 Å². The van der Waals surface area contributed by atoms with Gasteiger partial charge in [-0.3, -0.25) is 15.0 Å². The van der Waals surface area contributed by atoms with Gasteiger partial charge in [0.1, 0.15) is 17.7 Å². The lowest BCUT2D eigenvalue weighted by Gasteiger charge is -2.32. The molecular weight excluding hydrogens is 483 g/mol. The van der Waals surface area contributed by atoms with Crippen LogP contribution in [0.15, 0.2) is 65.1 Å². The number of nitrogens with zero attached hydrogens (tertiary/aromatic N) is 2. The van der Waals surface area contributed by atoms with Gasteiger partial charge in [-0.1, -0.05) is 23.7 Å². The average molecular weight is 507 g/mol. The number of hydrazone groups is 1. The predicted molar refractivity (Wildman–Crippen MR) is 128 cm³/mol. The SMILES string of the molecule is COC(=O)/C1=C(\CN2CCC(Oc3ccc(F)cc3)CC2)OSN/C(c2ccccc2Cl)=N\N1. The lowest BCUT2D eigenvalue weighted by atomic mass is 10.1. The third-order valence-corrected chi connectivity index (χ3v) is 6.27. The van der Waals surface area contributed by atoms with E-state index in [2.05, 4.69) is 20.1 Å². The smallest absolute Gasteiger partial charge is 0.359 e. The van der Waals surface area contributed by atoms with Crippen molar-refractivity contribution in [2.45, 2.75) is 18.9 Å². The minimum absolute atomic E-state index is 0.0333. The van der Waals surface area contributed by atoms with E-state index >= 15 is 0 Å². The number of rotatable bonds is 6. The highest BCUT2D eigenvalue weighted by Crippen LogP contribution is 2.23. The molecule has 2 aromatic rings. The molecule has 8 nitrogen and oxygen atoms in total. The fraction of sp³-hybridized carbons (Fsp3) is 0.304. The van der Waals surface area contributed by atoms with E-state index in [0.29, 0.717) is 34.5 Å². The van der Waals surface area contributed by atoms with Crippen LogP contribution in [0, 0.1) is 5.82 Å². The van der Waals surface area contributed by atoms with E-state index < -0.39 is 5.97 Å². The highest BCUT2D eigenvalue weighted by atomic mass is 35.5. The molecule has 0 bridgehead atoms. The maximum atomic E-state index is 13.1. The first-order valence-electron chi connectivity index (χ1n) is 10.7. The standard InChI is InChI=1S/C23H24ClFN4O4S/c1-31-23(30)21-20(33-34-28-22(27-26-21)18-4-2-3-5-19(18)24)14-29-12-10-17(11-13-29)32-16-8-6-15(25)7-9-16/h2-9,17,26H,10-14H2,1H3,(H,27,28)/b21-20-. The average Bonchev–Trinajstić information content (AvgIpc) is 2.84. The van der Waals surface area contributed by atoms with E-state index in [-0.39, 0.29) is 17.6 Å². The number of esters is 1. The molecule has 0 unspecified atom stereocenters. The molecule has 0 atom stereocenters. The molecule has 0 radical (unpaired) electrons. The second-order valence-corrected chi connectivity index (χ2v) is 8.60. The molecule has 2 aliphatic heterocycles. The van der Waals surface area contributed by atoms with Crippen LogP contribution in [0.4, 0.5) is 4.39 Å². The highest BCUT2D eigenvalue weighted by molar-refractivity contribution is 7.93. The van der Waals surface area contributed by atoms with Gasteiger partial charge in [0, 0.05) is 18.7 Å². The molecule has 2 aliphatic rings. The summed E-state index contributed by atoms with van der Waals surface area (Å²) in [5.41, 5.74) is 3.56. The Morgan fingerprint density at radius 3 is 2.68 bits per heavy atom. The third-order valence-electron chi connectivity index (χ3n) is 5.38. The molecule has 0 aromatic heterocycles. The van der Waals surface area contributed by atoms with E-state index in [0.717, 1.165) is 38.2 Å².